The van der Waals surface area contributed by atoms with Gasteiger partial charge in [0.25, 0.3) is 0 Å². The summed E-state index contributed by atoms with van der Waals surface area (Å²) >= 11 is 0. The third-order valence-electron chi connectivity index (χ3n) is 4.52. The van der Waals surface area contributed by atoms with Gasteiger partial charge in [-0.25, -0.2) is 0 Å². The summed E-state index contributed by atoms with van der Waals surface area (Å²) in [6.45, 7) is 8.83. The minimum atomic E-state index is -0.586. The van der Waals surface area contributed by atoms with Crippen LogP contribution in [0.3, 0.4) is 0 Å². The summed E-state index contributed by atoms with van der Waals surface area (Å²) in [6, 6.07) is 5.89. The molecular weight excluding hydrogens is 241 g/mol. The third kappa shape index (κ3) is 1.92. The third-order valence-corrected chi connectivity index (χ3v) is 4.52. The number of hydrogen-bond acceptors (Lipinski definition) is 4. The zero-order chi connectivity index (χ0) is 13.8. The Labute approximate surface area is 114 Å². The van der Waals surface area contributed by atoms with E-state index in [1.165, 1.54) is 0 Å². The van der Waals surface area contributed by atoms with E-state index in [4.69, 9.17) is 9.31 Å². The van der Waals surface area contributed by atoms with Crippen molar-refractivity contribution in [3.05, 3.63) is 29.3 Å². The van der Waals surface area contributed by atoms with Crippen molar-refractivity contribution < 1.29 is 14.4 Å². The molecule has 2 heterocycles. The number of aliphatic hydroxyl groups excluding tert-OH is 1. The summed E-state index contributed by atoms with van der Waals surface area (Å²) in [5, 5.41) is 12.9. The van der Waals surface area contributed by atoms with Crippen molar-refractivity contribution in [3.8, 4) is 0 Å². The number of rotatable bonds is 1. The van der Waals surface area contributed by atoms with Crippen molar-refractivity contribution in [3.63, 3.8) is 0 Å². The first kappa shape index (κ1) is 13.1. The van der Waals surface area contributed by atoms with Crippen LogP contribution in [0.2, 0.25) is 0 Å². The van der Waals surface area contributed by atoms with Crippen molar-refractivity contribution in [1.29, 1.82) is 0 Å². The summed E-state index contributed by atoms with van der Waals surface area (Å²) in [5.74, 6) is 0. The molecule has 19 heavy (non-hydrogen) atoms. The highest BCUT2D eigenvalue weighted by atomic mass is 16.7. The van der Waals surface area contributed by atoms with Crippen LogP contribution in [0.25, 0.3) is 0 Å². The first-order valence-corrected chi connectivity index (χ1v) is 6.71. The smallest absolute Gasteiger partial charge is 0.399 e. The topological polar surface area (TPSA) is 50.7 Å². The maximum absolute atomic E-state index is 9.86. The van der Waals surface area contributed by atoms with E-state index < -0.39 is 6.23 Å². The first-order chi connectivity index (χ1) is 8.82. The van der Waals surface area contributed by atoms with Crippen molar-refractivity contribution in [2.75, 3.05) is 0 Å². The van der Waals surface area contributed by atoms with E-state index in [1.54, 1.807) is 0 Å². The van der Waals surface area contributed by atoms with Crippen molar-refractivity contribution in [2.24, 2.45) is 0 Å². The Morgan fingerprint density at radius 3 is 2.47 bits per heavy atom. The Morgan fingerprint density at radius 1 is 1.21 bits per heavy atom. The van der Waals surface area contributed by atoms with Gasteiger partial charge in [-0.3, -0.25) is 5.32 Å². The fourth-order valence-corrected chi connectivity index (χ4v) is 2.58. The predicted molar refractivity (Wildman–Crippen MR) is 74.0 cm³/mol. The standard InChI is InChI=1S/C14H20BNO3/c1-13(2)14(3,4)19-15(18-13)11-7-5-6-9-10(11)8-16-12(9)17/h5-7,12,16-17H,8H2,1-4H3. The molecule has 1 unspecified atom stereocenters. The Kier molecular flexibility index (Phi) is 2.80. The van der Waals surface area contributed by atoms with Gasteiger partial charge in [0.15, 0.2) is 0 Å². The minimum Gasteiger partial charge on any atom is -0.399 e. The van der Waals surface area contributed by atoms with Gasteiger partial charge in [0.1, 0.15) is 6.23 Å². The van der Waals surface area contributed by atoms with Crippen LogP contribution in [-0.2, 0) is 15.9 Å². The van der Waals surface area contributed by atoms with Crippen LogP contribution in [0.1, 0.15) is 45.0 Å². The average molecular weight is 261 g/mol. The number of nitrogens with one attached hydrogen (secondary N) is 1. The molecule has 1 aromatic rings. The largest absolute Gasteiger partial charge is 0.495 e. The van der Waals surface area contributed by atoms with Crippen LogP contribution < -0.4 is 10.8 Å². The molecule has 0 bridgehead atoms. The minimum absolute atomic E-state index is 0.342. The van der Waals surface area contributed by atoms with E-state index in [0.717, 1.165) is 16.6 Å². The predicted octanol–water partition coefficient (Wildman–Crippen LogP) is 1.08. The van der Waals surface area contributed by atoms with Gasteiger partial charge >= 0.3 is 7.12 Å². The van der Waals surface area contributed by atoms with Crippen LogP contribution in [0.15, 0.2) is 18.2 Å². The van der Waals surface area contributed by atoms with Gasteiger partial charge in [-0.2, -0.15) is 0 Å². The van der Waals surface area contributed by atoms with Gasteiger partial charge in [-0.15, -0.1) is 0 Å². The average Bonchev–Trinajstić information content (AvgIpc) is 2.78. The molecule has 102 valence electrons. The number of benzene rings is 1. The molecule has 1 aromatic carbocycles. The summed E-state index contributed by atoms with van der Waals surface area (Å²) in [5.41, 5.74) is 2.34. The molecule has 0 spiro atoms. The van der Waals surface area contributed by atoms with Crippen LogP contribution in [-0.4, -0.2) is 23.4 Å². The summed E-state index contributed by atoms with van der Waals surface area (Å²) in [4.78, 5) is 0. The molecule has 5 heteroatoms. The van der Waals surface area contributed by atoms with Gasteiger partial charge < -0.3 is 14.4 Å². The highest BCUT2D eigenvalue weighted by Crippen LogP contribution is 2.37. The van der Waals surface area contributed by atoms with E-state index in [-0.39, 0.29) is 18.3 Å². The Bertz CT molecular complexity index is 499. The molecule has 4 nitrogen and oxygen atoms in total. The number of hydrogen-bond donors (Lipinski definition) is 2. The zero-order valence-electron chi connectivity index (χ0n) is 11.9. The van der Waals surface area contributed by atoms with Crippen molar-refractivity contribution in [1.82, 2.24) is 5.32 Å². The lowest BCUT2D eigenvalue weighted by molar-refractivity contribution is 0.00578. The molecule has 0 aliphatic carbocycles. The molecule has 2 aliphatic heterocycles. The van der Waals surface area contributed by atoms with Crippen LogP contribution in [0, 0.1) is 0 Å². The molecule has 0 radical (unpaired) electrons. The quantitative estimate of drug-likeness (QED) is 0.743. The van der Waals surface area contributed by atoms with E-state index in [1.807, 2.05) is 45.9 Å². The van der Waals surface area contributed by atoms with E-state index >= 15 is 0 Å². The highest BCUT2D eigenvalue weighted by Gasteiger charge is 2.52. The zero-order valence-corrected chi connectivity index (χ0v) is 11.9. The molecule has 0 aromatic heterocycles. The van der Waals surface area contributed by atoms with Gasteiger partial charge in [0.05, 0.1) is 11.2 Å². The normalized spacial score (nSPS) is 27.6. The van der Waals surface area contributed by atoms with Crippen LogP contribution >= 0.6 is 0 Å². The highest BCUT2D eigenvalue weighted by molar-refractivity contribution is 6.62. The molecule has 3 rings (SSSR count). The Morgan fingerprint density at radius 2 is 1.84 bits per heavy atom. The molecular formula is C14H20BNO3. The monoisotopic (exact) mass is 261 g/mol. The van der Waals surface area contributed by atoms with E-state index in [2.05, 4.69) is 5.32 Å². The second kappa shape index (κ2) is 4.06. The molecule has 0 amide bonds. The SMILES string of the molecule is CC1(C)OB(c2cccc3c2CNC3O)OC1(C)C. The van der Waals surface area contributed by atoms with Crippen molar-refractivity contribution in [2.45, 2.75) is 51.7 Å². The lowest BCUT2D eigenvalue weighted by Gasteiger charge is -2.32. The molecule has 0 saturated carbocycles. The fourth-order valence-electron chi connectivity index (χ4n) is 2.58. The molecule has 1 saturated heterocycles. The fraction of sp³-hybridized carbons (Fsp3) is 0.571. The molecule has 1 fully saturated rings. The van der Waals surface area contributed by atoms with E-state index in [0.29, 0.717) is 6.54 Å². The lowest BCUT2D eigenvalue weighted by atomic mass is 9.75. The molecule has 2 N–H and O–H groups in total. The molecule has 2 aliphatic rings. The van der Waals surface area contributed by atoms with Gasteiger partial charge in [0, 0.05) is 6.54 Å². The Hall–Kier alpha value is -0.875. The maximum atomic E-state index is 9.86. The summed E-state index contributed by atoms with van der Waals surface area (Å²) in [6.07, 6.45) is -0.586. The van der Waals surface area contributed by atoms with E-state index in [9.17, 15) is 5.11 Å². The molecule has 1 atom stereocenters. The van der Waals surface area contributed by atoms with Gasteiger partial charge in [0.2, 0.25) is 0 Å². The van der Waals surface area contributed by atoms with Gasteiger partial charge in [-0.1, -0.05) is 18.2 Å². The second-order valence-electron chi connectivity index (χ2n) is 6.29. The summed E-state index contributed by atoms with van der Waals surface area (Å²) < 4.78 is 12.2. The summed E-state index contributed by atoms with van der Waals surface area (Å²) in [7, 11) is -0.368. The van der Waals surface area contributed by atoms with Crippen LogP contribution in [0.5, 0.6) is 0 Å². The lowest BCUT2D eigenvalue weighted by Crippen LogP contribution is -2.41. The first-order valence-electron chi connectivity index (χ1n) is 6.71. The van der Waals surface area contributed by atoms with Gasteiger partial charge in [-0.05, 0) is 44.3 Å². The maximum Gasteiger partial charge on any atom is 0.495 e. The van der Waals surface area contributed by atoms with Crippen molar-refractivity contribution >= 4 is 12.6 Å². The second-order valence-corrected chi connectivity index (χ2v) is 6.29. The number of aliphatic hydroxyl groups is 1. The van der Waals surface area contributed by atoms with Crippen LogP contribution in [0.4, 0.5) is 0 Å². The Balaban J connectivity index is 1.98. The number of fused-ring (bicyclic) bond motifs is 1.